The van der Waals surface area contributed by atoms with E-state index < -0.39 is 11.9 Å². The highest BCUT2D eigenvalue weighted by molar-refractivity contribution is 6.37. The van der Waals surface area contributed by atoms with Crippen molar-refractivity contribution >= 4 is 58.3 Å². The summed E-state index contributed by atoms with van der Waals surface area (Å²) in [6.07, 6.45) is 0.957. The number of carbonyl (C=O) groups is 2. The molecule has 0 aromatic heterocycles. The Bertz CT molecular complexity index is 931. The topological polar surface area (TPSA) is 74.3 Å². The van der Waals surface area contributed by atoms with Gasteiger partial charge in [0.2, 0.25) is 0 Å². The van der Waals surface area contributed by atoms with Crippen LogP contribution in [-0.4, -0.2) is 64.4 Å². The van der Waals surface area contributed by atoms with Crippen molar-refractivity contribution in [3.8, 4) is 5.75 Å². The summed E-state index contributed by atoms with van der Waals surface area (Å²) < 4.78 is 20.9. The van der Waals surface area contributed by atoms with Gasteiger partial charge in [-0.3, -0.25) is 4.90 Å². The number of hydrogen-bond acceptors (Lipinski definition) is 7. The van der Waals surface area contributed by atoms with Gasteiger partial charge in [0.05, 0.1) is 29.3 Å². The summed E-state index contributed by atoms with van der Waals surface area (Å²) in [5.74, 6) is -0.857. The van der Waals surface area contributed by atoms with Crippen LogP contribution >= 0.6 is 46.4 Å². The van der Waals surface area contributed by atoms with Crippen molar-refractivity contribution in [3.05, 3.63) is 49.1 Å². The van der Waals surface area contributed by atoms with E-state index in [4.69, 9.17) is 65.4 Å². The van der Waals surface area contributed by atoms with E-state index in [-0.39, 0.29) is 45.9 Å². The molecule has 0 unspecified atom stereocenters. The molecule has 0 N–H and O–H groups in total. The number of ether oxygens (including phenoxy) is 4. The van der Waals surface area contributed by atoms with Gasteiger partial charge in [0.25, 0.3) is 0 Å². The van der Waals surface area contributed by atoms with Crippen LogP contribution in [0.15, 0.2) is 33.5 Å². The minimum atomic E-state index is -0.649. The molecule has 0 fully saturated rings. The number of nitrogens with zero attached hydrogens (tertiary/aromatic N) is 1. The van der Waals surface area contributed by atoms with Crippen LogP contribution in [-0.2, 0) is 19.0 Å². The zero-order valence-corrected chi connectivity index (χ0v) is 20.8. The molecule has 0 heterocycles. The fourth-order valence-electron chi connectivity index (χ4n) is 2.90. The lowest BCUT2D eigenvalue weighted by Crippen LogP contribution is -2.29. The average Bonchev–Trinajstić information content (AvgIpc) is 2.76. The van der Waals surface area contributed by atoms with Crippen molar-refractivity contribution in [2.45, 2.75) is 12.8 Å². The average molecular weight is 527 g/mol. The van der Waals surface area contributed by atoms with Crippen molar-refractivity contribution in [1.29, 1.82) is 0 Å². The van der Waals surface area contributed by atoms with Gasteiger partial charge in [-0.25, -0.2) is 9.59 Å². The summed E-state index contributed by atoms with van der Waals surface area (Å²) in [5, 5.41) is 1.21. The third kappa shape index (κ3) is 6.68. The first kappa shape index (κ1) is 26.6. The van der Waals surface area contributed by atoms with Gasteiger partial charge in [-0.1, -0.05) is 46.4 Å². The minimum absolute atomic E-state index is 0.0662. The third-order valence-corrected chi connectivity index (χ3v) is 5.95. The first-order valence-corrected chi connectivity index (χ1v) is 11.1. The zero-order chi connectivity index (χ0) is 23.8. The molecule has 1 aromatic rings. The van der Waals surface area contributed by atoms with Crippen LogP contribution in [0.2, 0.25) is 10.0 Å². The van der Waals surface area contributed by atoms with E-state index in [2.05, 4.69) is 0 Å². The van der Waals surface area contributed by atoms with E-state index in [0.29, 0.717) is 36.0 Å². The van der Waals surface area contributed by atoms with Crippen molar-refractivity contribution in [3.63, 3.8) is 0 Å². The molecule has 0 bridgehead atoms. The number of hydrogen-bond donors (Lipinski definition) is 0. The SMILES string of the molecule is COC1=C(Cl)CCC(Cl)=C1C(=O)OCCN(C)CCOC(=O)c1c(Cl)ccc(Cl)c1OC. The van der Waals surface area contributed by atoms with Crippen LogP contribution in [0.4, 0.5) is 0 Å². The Morgan fingerprint density at radius 1 is 0.875 bits per heavy atom. The van der Waals surface area contributed by atoms with E-state index in [9.17, 15) is 9.59 Å². The highest BCUT2D eigenvalue weighted by Gasteiger charge is 2.28. The predicted molar refractivity (Wildman–Crippen MR) is 124 cm³/mol. The van der Waals surface area contributed by atoms with E-state index in [0.717, 1.165) is 0 Å². The maximum Gasteiger partial charge on any atom is 0.343 e. The van der Waals surface area contributed by atoms with Crippen molar-refractivity contribution in [1.82, 2.24) is 4.90 Å². The van der Waals surface area contributed by atoms with Crippen LogP contribution < -0.4 is 4.74 Å². The molecule has 1 aliphatic carbocycles. The molecule has 0 amide bonds. The molecule has 0 saturated heterocycles. The Labute approximate surface area is 206 Å². The molecule has 1 aliphatic rings. The summed E-state index contributed by atoms with van der Waals surface area (Å²) in [6, 6.07) is 3.03. The molecule has 0 aliphatic heterocycles. The Kier molecular flexibility index (Phi) is 10.4. The minimum Gasteiger partial charge on any atom is -0.495 e. The zero-order valence-electron chi connectivity index (χ0n) is 17.8. The molecule has 11 heteroatoms. The van der Waals surface area contributed by atoms with Gasteiger partial charge in [0, 0.05) is 18.1 Å². The summed E-state index contributed by atoms with van der Waals surface area (Å²) >= 11 is 24.4. The second-order valence-corrected chi connectivity index (χ2v) is 8.46. The largest absolute Gasteiger partial charge is 0.495 e. The van der Waals surface area contributed by atoms with Crippen molar-refractivity contribution < 1.29 is 28.5 Å². The predicted octanol–water partition coefficient (Wildman–Crippen LogP) is 5.02. The van der Waals surface area contributed by atoms with Crippen LogP contribution in [0.3, 0.4) is 0 Å². The lowest BCUT2D eigenvalue weighted by molar-refractivity contribution is -0.139. The molecule has 7 nitrogen and oxygen atoms in total. The summed E-state index contributed by atoms with van der Waals surface area (Å²) in [6.45, 7) is 0.968. The van der Waals surface area contributed by atoms with E-state index in [1.165, 1.54) is 26.4 Å². The third-order valence-electron chi connectivity index (χ3n) is 4.60. The number of esters is 2. The second-order valence-electron chi connectivity index (χ2n) is 6.73. The number of carbonyl (C=O) groups excluding carboxylic acids is 2. The lowest BCUT2D eigenvalue weighted by atomic mass is 10.0. The normalized spacial score (nSPS) is 14.0. The second kappa shape index (κ2) is 12.6. The monoisotopic (exact) mass is 525 g/mol. The van der Waals surface area contributed by atoms with Crippen LogP contribution in [0.1, 0.15) is 23.2 Å². The highest BCUT2D eigenvalue weighted by Crippen LogP contribution is 2.36. The molecule has 32 heavy (non-hydrogen) atoms. The van der Waals surface area contributed by atoms with Crippen molar-refractivity contribution in [2.24, 2.45) is 0 Å². The molecule has 0 radical (unpaired) electrons. The fraction of sp³-hybridized carbons (Fsp3) is 0.429. The first-order valence-electron chi connectivity index (χ1n) is 9.57. The van der Waals surface area contributed by atoms with E-state index in [1.807, 2.05) is 4.90 Å². The standard InChI is InChI=1S/C21H23Cl4NO6/c1-26(8-10-31-20(27)16-12(22)4-6-14(24)18(16)29-2)9-11-32-21(28)17-13(23)5-7-15(25)19(17)30-3/h4,6H,5,7-11H2,1-3H3. The molecule has 1 aromatic carbocycles. The van der Waals surface area contributed by atoms with Gasteiger partial charge < -0.3 is 18.9 Å². The van der Waals surface area contributed by atoms with Gasteiger partial charge in [-0.15, -0.1) is 0 Å². The molecule has 0 saturated carbocycles. The smallest absolute Gasteiger partial charge is 0.343 e. The van der Waals surface area contributed by atoms with Gasteiger partial charge in [-0.2, -0.15) is 0 Å². The Morgan fingerprint density at radius 3 is 2.03 bits per heavy atom. The molecule has 176 valence electrons. The van der Waals surface area contributed by atoms with Gasteiger partial charge in [-0.05, 0) is 32.0 Å². The van der Waals surface area contributed by atoms with E-state index >= 15 is 0 Å². The molecule has 0 atom stereocenters. The number of allylic oxidation sites excluding steroid dienone is 2. The summed E-state index contributed by atoms with van der Waals surface area (Å²) in [5.41, 5.74) is 0.214. The van der Waals surface area contributed by atoms with Crippen LogP contribution in [0.5, 0.6) is 5.75 Å². The number of halogens is 4. The van der Waals surface area contributed by atoms with E-state index in [1.54, 1.807) is 7.05 Å². The van der Waals surface area contributed by atoms with Crippen molar-refractivity contribution in [2.75, 3.05) is 47.6 Å². The van der Waals surface area contributed by atoms with Gasteiger partial charge in [0.15, 0.2) is 5.75 Å². The molecule has 2 rings (SSSR count). The summed E-state index contributed by atoms with van der Waals surface area (Å²) in [4.78, 5) is 26.6. The number of likely N-dealkylation sites (N-methyl/N-ethyl adjacent to an activating group) is 1. The number of benzene rings is 1. The highest BCUT2D eigenvalue weighted by atomic mass is 35.5. The first-order chi connectivity index (χ1) is 15.2. The van der Waals surface area contributed by atoms with Gasteiger partial charge in [0.1, 0.15) is 30.1 Å². The summed E-state index contributed by atoms with van der Waals surface area (Å²) in [7, 11) is 4.60. The number of rotatable bonds is 10. The Morgan fingerprint density at radius 2 is 1.44 bits per heavy atom. The van der Waals surface area contributed by atoms with Gasteiger partial charge >= 0.3 is 11.9 Å². The van der Waals surface area contributed by atoms with Crippen LogP contribution in [0, 0.1) is 0 Å². The molecule has 0 spiro atoms. The van der Waals surface area contributed by atoms with Crippen LogP contribution in [0.25, 0.3) is 0 Å². The molecular formula is C21H23Cl4NO6. The molecular weight excluding hydrogens is 504 g/mol. The quantitative estimate of drug-likeness (QED) is 0.396. The number of methoxy groups -OCH3 is 2. The Hall–Kier alpha value is -1.64. The maximum atomic E-state index is 12.4. The Balaban J connectivity index is 1.81. The fourth-order valence-corrected chi connectivity index (χ4v) is 3.88. The lowest BCUT2D eigenvalue weighted by Gasteiger charge is -2.20. The maximum absolute atomic E-state index is 12.4.